The van der Waals surface area contributed by atoms with E-state index >= 15 is 0 Å². The lowest BCUT2D eigenvalue weighted by Gasteiger charge is -2.03. The quantitative estimate of drug-likeness (QED) is 0.603. The molecule has 1 aromatic rings. The number of hydrogen-bond acceptors (Lipinski definition) is 1. The zero-order chi connectivity index (χ0) is 9.14. The molecule has 1 amide bonds. The minimum atomic E-state index is -0.819. The van der Waals surface area contributed by atoms with Gasteiger partial charge < -0.3 is 5.32 Å². The normalized spacial score (nSPS) is 9.58. The topological polar surface area (TPSA) is 29.1 Å². The third kappa shape index (κ3) is 2.19. The maximum Gasteiger partial charge on any atom is 0.318 e. The van der Waals surface area contributed by atoms with Gasteiger partial charge in [0, 0.05) is 4.47 Å². The second-order valence-corrected chi connectivity index (χ2v) is 3.19. The number of halogens is 3. The molecule has 2 nitrogen and oxygen atoms in total. The van der Waals surface area contributed by atoms with Gasteiger partial charge in [0.2, 0.25) is 0 Å². The van der Waals surface area contributed by atoms with Crippen molar-refractivity contribution in [3.05, 3.63) is 28.5 Å². The number of rotatable bonds is 1. The molecule has 64 valence electrons. The molecule has 0 bridgehead atoms. The summed E-state index contributed by atoms with van der Waals surface area (Å²) in [6.07, 6.45) is 0. The summed E-state index contributed by atoms with van der Waals surface area (Å²) in [5, 5.41) is 1.33. The average molecular weight is 252 g/mol. The van der Waals surface area contributed by atoms with Crippen LogP contribution in [0.4, 0.5) is 14.9 Å². The SMILES string of the molecule is O=C(Cl)Nc1c(F)cccc1Br. The van der Waals surface area contributed by atoms with Gasteiger partial charge in [-0.25, -0.2) is 4.39 Å². The van der Waals surface area contributed by atoms with E-state index in [4.69, 9.17) is 11.6 Å². The molecular formula is C7H4BrClFNO. The van der Waals surface area contributed by atoms with Gasteiger partial charge in [0.1, 0.15) is 5.82 Å². The molecule has 0 heterocycles. The molecule has 0 aromatic heterocycles. The summed E-state index contributed by atoms with van der Waals surface area (Å²) in [7, 11) is 0. The summed E-state index contributed by atoms with van der Waals surface area (Å²) >= 11 is 8.08. The van der Waals surface area contributed by atoms with Crippen molar-refractivity contribution < 1.29 is 9.18 Å². The molecule has 0 aliphatic carbocycles. The molecule has 1 N–H and O–H groups in total. The van der Waals surface area contributed by atoms with Gasteiger partial charge in [-0.1, -0.05) is 6.07 Å². The van der Waals surface area contributed by atoms with Gasteiger partial charge in [-0.05, 0) is 39.7 Å². The molecule has 12 heavy (non-hydrogen) atoms. The van der Waals surface area contributed by atoms with Crippen LogP contribution in [0.2, 0.25) is 0 Å². The van der Waals surface area contributed by atoms with Gasteiger partial charge in [0.05, 0.1) is 5.69 Å². The third-order valence-corrected chi connectivity index (χ3v) is 1.94. The maximum atomic E-state index is 12.9. The van der Waals surface area contributed by atoms with Gasteiger partial charge in [-0.15, -0.1) is 0 Å². The first-order valence-corrected chi connectivity index (χ1v) is 4.19. The van der Waals surface area contributed by atoms with Crippen LogP contribution in [0, 0.1) is 5.82 Å². The van der Waals surface area contributed by atoms with E-state index in [-0.39, 0.29) is 5.69 Å². The first-order chi connectivity index (χ1) is 5.61. The van der Waals surface area contributed by atoms with E-state index in [2.05, 4.69) is 21.2 Å². The fraction of sp³-hybridized carbons (Fsp3) is 0. The summed E-state index contributed by atoms with van der Waals surface area (Å²) in [6, 6.07) is 4.35. The molecular weight excluding hydrogens is 248 g/mol. The van der Waals surface area contributed by atoms with Crippen molar-refractivity contribution >= 4 is 38.6 Å². The first-order valence-electron chi connectivity index (χ1n) is 3.02. The largest absolute Gasteiger partial charge is 0.318 e. The molecule has 0 saturated heterocycles. The highest BCUT2D eigenvalue weighted by Crippen LogP contribution is 2.25. The minimum Gasteiger partial charge on any atom is -0.309 e. The monoisotopic (exact) mass is 251 g/mol. The Labute approximate surface area is 81.8 Å². The summed E-state index contributed by atoms with van der Waals surface area (Å²) in [5.41, 5.74) is 0.0532. The van der Waals surface area contributed by atoms with E-state index in [1.807, 2.05) is 0 Å². The van der Waals surface area contributed by atoms with Crippen molar-refractivity contribution in [3.8, 4) is 0 Å². The van der Waals surface area contributed by atoms with E-state index in [0.29, 0.717) is 4.47 Å². The zero-order valence-corrected chi connectivity index (χ0v) is 8.12. The summed E-state index contributed by atoms with van der Waals surface area (Å²) in [6.45, 7) is 0. The molecule has 0 radical (unpaired) electrons. The van der Waals surface area contributed by atoms with Crippen LogP contribution in [0.5, 0.6) is 0 Å². The van der Waals surface area contributed by atoms with E-state index in [0.717, 1.165) is 0 Å². The average Bonchev–Trinajstić information content (AvgIpc) is 1.97. The number of carbonyl (C=O) groups excluding carboxylic acids is 1. The minimum absolute atomic E-state index is 0.0532. The summed E-state index contributed by atoms with van der Waals surface area (Å²) in [4.78, 5) is 10.4. The Morgan fingerprint density at radius 1 is 1.58 bits per heavy atom. The number of nitrogens with one attached hydrogen (secondary N) is 1. The highest BCUT2D eigenvalue weighted by atomic mass is 79.9. The Morgan fingerprint density at radius 3 is 2.75 bits per heavy atom. The molecule has 0 spiro atoms. The third-order valence-electron chi connectivity index (χ3n) is 1.19. The maximum absolute atomic E-state index is 12.9. The predicted octanol–water partition coefficient (Wildman–Crippen LogP) is 3.36. The number of carbonyl (C=O) groups is 1. The van der Waals surface area contributed by atoms with Crippen LogP contribution in [0.15, 0.2) is 22.7 Å². The van der Waals surface area contributed by atoms with Crippen LogP contribution in [0.25, 0.3) is 0 Å². The second kappa shape index (κ2) is 3.87. The summed E-state index contributed by atoms with van der Waals surface area (Å²) in [5.74, 6) is -0.529. The van der Waals surface area contributed by atoms with Crippen molar-refractivity contribution in [2.45, 2.75) is 0 Å². The van der Waals surface area contributed by atoms with E-state index in [9.17, 15) is 9.18 Å². The number of hydrogen-bond donors (Lipinski definition) is 1. The van der Waals surface area contributed by atoms with Crippen molar-refractivity contribution in [3.63, 3.8) is 0 Å². The molecule has 0 fully saturated rings. The van der Waals surface area contributed by atoms with Gasteiger partial charge >= 0.3 is 5.37 Å². The lowest BCUT2D eigenvalue weighted by Crippen LogP contribution is -2.03. The van der Waals surface area contributed by atoms with Gasteiger partial charge in [-0.2, -0.15) is 0 Å². The predicted molar refractivity (Wildman–Crippen MR) is 49.0 cm³/mol. The van der Waals surface area contributed by atoms with Crippen LogP contribution in [0.3, 0.4) is 0 Å². The van der Waals surface area contributed by atoms with Crippen LogP contribution in [-0.4, -0.2) is 5.37 Å². The lowest BCUT2D eigenvalue weighted by molar-refractivity contribution is 0.269. The molecule has 1 rings (SSSR count). The van der Waals surface area contributed by atoms with Crippen LogP contribution in [-0.2, 0) is 0 Å². The number of benzene rings is 1. The second-order valence-electron chi connectivity index (χ2n) is 2.00. The van der Waals surface area contributed by atoms with Crippen molar-refractivity contribution in [2.75, 3.05) is 5.32 Å². The highest BCUT2D eigenvalue weighted by Gasteiger charge is 2.07. The zero-order valence-electron chi connectivity index (χ0n) is 5.77. The number of amides is 1. The molecule has 0 aliphatic rings. The van der Waals surface area contributed by atoms with Crippen LogP contribution < -0.4 is 5.32 Å². The van der Waals surface area contributed by atoms with Gasteiger partial charge in [-0.3, -0.25) is 4.79 Å². The molecule has 0 aliphatic heterocycles. The number of anilines is 1. The Balaban J connectivity index is 3.04. The molecule has 0 atom stereocenters. The van der Waals surface area contributed by atoms with Crippen molar-refractivity contribution in [1.29, 1.82) is 0 Å². The molecule has 0 unspecified atom stereocenters. The van der Waals surface area contributed by atoms with Crippen LogP contribution in [0.1, 0.15) is 0 Å². The Bertz CT molecular complexity index is 298. The Hall–Kier alpha value is -0.610. The molecule has 0 saturated carbocycles. The fourth-order valence-corrected chi connectivity index (χ4v) is 1.25. The van der Waals surface area contributed by atoms with Gasteiger partial charge in [0.25, 0.3) is 0 Å². The Morgan fingerprint density at radius 2 is 2.25 bits per heavy atom. The fourth-order valence-electron chi connectivity index (χ4n) is 0.716. The molecule has 5 heteroatoms. The van der Waals surface area contributed by atoms with Crippen molar-refractivity contribution in [2.24, 2.45) is 0 Å². The van der Waals surface area contributed by atoms with Gasteiger partial charge in [0.15, 0.2) is 0 Å². The Kier molecular flexibility index (Phi) is 3.05. The smallest absolute Gasteiger partial charge is 0.309 e. The van der Waals surface area contributed by atoms with E-state index < -0.39 is 11.2 Å². The summed E-state index contributed by atoms with van der Waals surface area (Å²) < 4.78 is 13.4. The standard InChI is InChI=1S/C7H4BrClFNO/c8-4-2-1-3-5(10)6(4)11-7(9)12/h1-3H,(H,11,12). The van der Waals surface area contributed by atoms with Crippen molar-refractivity contribution in [1.82, 2.24) is 0 Å². The lowest BCUT2D eigenvalue weighted by atomic mass is 10.3. The highest BCUT2D eigenvalue weighted by molar-refractivity contribution is 9.10. The van der Waals surface area contributed by atoms with Crippen LogP contribution >= 0.6 is 27.5 Å². The number of para-hydroxylation sites is 1. The first kappa shape index (κ1) is 9.48. The van der Waals surface area contributed by atoms with E-state index in [1.165, 1.54) is 12.1 Å². The molecule has 1 aromatic carbocycles. The van der Waals surface area contributed by atoms with E-state index in [1.54, 1.807) is 6.07 Å².